The number of hydrogen-bond donors (Lipinski definition) is 1. The van der Waals surface area contributed by atoms with Gasteiger partial charge < -0.3 is 5.32 Å². The number of hydrogen-bond acceptors (Lipinski definition) is 4. The van der Waals surface area contributed by atoms with E-state index in [9.17, 15) is 0 Å². The second-order valence-corrected chi connectivity index (χ2v) is 4.87. The van der Waals surface area contributed by atoms with E-state index in [4.69, 9.17) is 11.6 Å². The SMILES string of the molecule is Clc1ccccc1Cn1nnc(C2CCNC2)n1. The van der Waals surface area contributed by atoms with Gasteiger partial charge in [-0.3, -0.25) is 0 Å². The largest absolute Gasteiger partial charge is 0.316 e. The molecule has 2 heterocycles. The van der Waals surface area contributed by atoms with Crippen LogP contribution in [0.3, 0.4) is 0 Å². The van der Waals surface area contributed by atoms with Crippen molar-refractivity contribution in [2.24, 2.45) is 0 Å². The van der Waals surface area contributed by atoms with Gasteiger partial charge >= 0.3 is 0 Å². The average Bonchev–Trinajstić information content (AvgIpc) is 3.02. The Morgan fingerprint density at radius 1 is 1.39 bits per heavy atom. The molecule has 0 aliphatic carbocycles. The lowest BCUT2D eigenvalue weighted by molar-refractivity contribution is 0.567. The molecule has 1 unspecified atom stereocenters. The van der Waals surface area contributed by atoms with Crippen LogP contribution in [0.1, 0.15) is 23.7 Å². The third kappa shape index (κ3) is 2.37. The number of halogens is 1. The molecule has 1 N–H and O–H groups in total. The van der Waals surface area contributed by atoms with Crippen LogP contribution in [0, 0.1) is 0 Å². The maximum absolute atomic E-state index is 6.11. The summed E-state index contributed by atoms with van der Waals surface area (Å²) in [6, 6.07) is 7.72. The van der Waals surface area contributed by atoms with Crippen molar-refractivity contribution < 1.29 is 0 Å². The summed E-state index contributed by atoms with van der Waals surface area (Å²) in [5.74, 6) is 1.22. The third-order valence-electron chi connectivity index (χ3n) is 3.16. The summed E-state index contributed by atoms with van der Waals surface area (Å²) in [7, 11) is 0. The number of tetrazole rings is 1. The first-order valence-corrected chi connectivity index (χ1v) is 6.42. The summed E-state index contributed by atoms with van der Waals surface area (Å²) in [6.07, 6.45) is 1.08. The van der Waals surface area contributed by atoms with E-state index in [1.165, 1.54) is 0 Å². The van der Waals surface area contributed by atoms with Crippen molar-refractivity contribution in [1.82, 2.24) is 25.5 Å². The van der Waals surface area contributed by atoms with E-state index < -0.39 is 0 Å². The van der Waals surface area contributed by atoms with Crippen LogP contribution < -0.4 is 5.32 Å². The van der Waals surface area contributed by atoms with Gasteiger partial charge in [0.2, 0.25) is 0 Å². The number of rotatable bonds is 3. The Bertz CT molecular complexity index is 533. The fourth-order valence-corrected chi connectivity index (χ4v) is 2.34. The maximum Gasteiger partial charge on any atom is 0.179 e. The zero-order chi connectivity index (χ0) is 12.4. The van der Waals surface area contributed by atoms with E-state index >= 15 is 0 Å². The van der Waals surface area contributed by atoms with Crippen molar-refractivity contribution in [3.8, 4) is 0 Å². The molecule has 1 aliphatic rings. The van der Waals surface area contributed by atoms with Gasteiger partial charge in [-0.15, -0.1) is 10.2 Å². The first-order chi connectivity index (χ1) is 8.83. The molecule has 2 aromatic rings. The Morgan fingerprint density at radius 3 is 3.06 bits per heavy atom. The highest BCUT2D eigenvalue weighted by molar-refractivity contribution is 6.31. The Kier molecular flexibility index (Phi) is 3.25. The molecule has 1 atom stereocenters. The number of benzene rings is 1. The molecule has 1 aliphatic heterocycles. The number of nitrogens with zero attached hydrogens (tertiary/aromatic N) is 4. The number of nitrogens with one attached hydrogen (secondary N) is 1. The smallest absolute Gasteiger partial charge is 0.179 e. The van der Waals surface area contributed by atoms with Crippen LogP contribution in [-0.2, 0) is 6.54 Å². The van der Waals surface area contributed by atoms with E-state index in [0.29, 0.717) is 12.5 Å². The van der Waals surface area contributed by atoms with Crippen molar-refractivity contribution >= 4 is 11.6 Å². The van der Waals surface area contributed by atoms with E-state index in [2.05, 4.69) is 20.7 Å². The molecule has 94 valence electrons. The lowest BCUT2D eigenvalue weighted by atomic mass is 10.1. The molecular formula is C12H14ClN5. The van der Waals surface area contributed by atoms with Crippen molar-refractivity contribution in [2.45, 2.75) is 18.9 Å². The second kappa shape index (κ2) is 5.04. The van der Waals surface area contributed by atoms with Gasteiger partial charge in [0.25, 0.3) is 0 Å². The van der Waals surface area contributed by atoms with Crippen molar-refractivity contribution in [2.75, 3.05) is 13.1 Å². The van der Waals surface area contributed by atoms with E-state index in [0.717, 1.165) is 35.9 Å². The zero-order valence-electron chi connectivity index (χ0n) is 9.88. The molecule has 0 saturated carbocycles. The average molecular weight is 264 g/mol. The van der Waals surface area contributed by atoms with Gasteiger partial charge in [0.05, 0.1) is 6.54 Å². The van der Waals surface area contributed by atoms with Crippen molar-refractivity contribution in [3.63, 3.8) is 0 Å². The fraction of sp³-hybridized carbons (Fsp3) is 0.417. The topological polar surface area (TPSA) is 55.6 Å². The van der Waals surface area contributed by atoms with E-state index in [1.807, 2.05) is 24.3 Å². The van der Waals surface area contributed by atoms with Gasteiger partial charge in [-0.2, -0.15) is 4.80 Å². The highest BCUT2D eigenvalue weighted by atomic mass is 35.5. The first-order valence-electron chi connectivity index (χ1n) is 6.05. The summed E-state index contributed by atoms with van der Waals surface area (Å²) in [6.45, 7) is 2.54. The molecule has 6 heteroatoms. The summed E-state index contributed by atoms with van der Waals surface area (Å²) >= 11 is 6.11. The number of aromatic nitrogens is 4. The van der Waals surface area contributed by atoms with Crippen molar-refractivity contribution in [3.05, 3.63) is 40.7 Å². The van der Waals surface area contributed by atoms with E-state index in [1.54, 1.807) is 4.80 Å². The summed E-state index contributed by atoms with van der Waals surface area (Å²) in [5, 5.41) is 16.7. The van der Waals surface area contributed by atoms with Gasteiger partial charge in [-0.05, 0) is 29.8 Å². The first kappa shape index (κ1) is 11.6. The van der Waals surface area contributed by atoms with Crippen LogP contribution in [0.25, 0.3) is 0 Å². The monoisotopic (exact) mass is 263 g/mol. The molecule has 0 spiro atoms. The third-order valence-corrected chi connectivity index (χ3v) is 3.53. The Hall–Kier alpha value is -1.46. The van der Waals surface area contributed by atoms with Crippen LogP contribution in [-0.4, -0.2) is 33.3 Å². The molecule has 1 fully saturated rings. The minimum atomic E-state index is 0.394. The Labute approximate surface area is 110 Å². The van der Waals surface area contributed by atoms with Gasteiger partial charge in [0, 0.05) is 17.5 Å². The fourth-order valence-electron chi connectivity index (χ4n) is 2.14. The van der Waals surface area contributed by atoms with Crippen LogP contribution in [0.15, 0.2) is 24.3 Å². The minimum Gasteiger partial charge on any atom is -0.316 e. The predicted molar refractivity (Wildman–Crippen MR) is 68.6 cm³/mol. The van der Waals surface area contributed by atoms with Gasteiger partial charge in [0.15, 0.2) is 5.82 Å². The standard InChI is InChI=1S/C12H14ClN5/c13-11-4-2-1-3-10(11)8-18-16-12(15-17-18)9-5-6-14-7-9/h1-4,9,14H,5-8H2. The lowest BCUT2D eigenvalue weighted by Crippen LogP contribution is -2.09. The molecule has 1 aromatic heterocycles. The molecular weight excluding hydrogens is 250 g/mol. The second-order valence-electron chi connectivity index (χ2n) is 4.46. The maximum atomic E-state index is 6.11. The Balaban J connectivity index is 1.75. The molecule has 0 bridgehead atoms. The predicted octanol–water partition coefficient (Wildman–Crippen LogP) is 1.45. The molecule has 3 rings (SSSR count). The van der Waals surface area contributed by atoms with Crippen LogP contribution in [0.5, 0.6) is 0 Å². The van der Waals surface area contributed by atoms with Crippen LogP contribution in [0.2, 0.25) is 5.02 Å². The molecule has 1 saturated heterocycles. The molecule has 1 aromatic carbocycles. The lowest BCUT2D eigenvalue weighted by Gasteiger charge is -2.02. The van der Waals surface area contributed by atoms with Crippen LogP contribution in [0.4, 0.5) is 0 Å². The zero-order valence-corrected chi connectivity index (χ0v) is 10.6. The van der Waals surface area contributed by atoms with Gasteiger partial charge in [0.1, 0.15) is 0 Å². The summed E-state index contributed by atoms with van der Waals surface area (Å²) in [5.41, 5.74) is 1.01. The van der Waals surface area contributed by atoms with Crippen molar-refractivity contribution in [1.29, 1.82) is 0 Å². The molecule has 0 amide bonds. The summed E-state index contributed by atoms with van der Waals surface area (Å²) in [4.78, 5) is 1.61. The molecule has 0 radical (unpaired) electrons. The van der Waals surface area contributed by atoms with Crippen LogP contribution >= 0.6 is 11.6 Å². The molecule has 18 heavy (non-hydrogen) atoms. The normalized spacial score (nSPS) is 19.3. The van der Waals surface area contributed by atoms with Gasteiger partial charge in [-0.25, -0.2) is 0 Å². The highest BCUT2D eigenvalue weighted by Crippen LogP contribution is 2.18. The molecule has 5 nitrogen and oxygen atoms in total. The highest BCUT2D eigenvalue weighted by Gasteiger charge is 2.21. The minimum absolute atomic E-state index is 0.394. The van der Waals surface area contributed by atoms with E-state index in [-0.39, 0.29) is 0 Å². The Morgan fingerprint density at radius 2 is 2.28 bits per heavy atom. The summed E-state index contributed by atoms with van der Waals surface area (Å²) < 4.78 is 0. The van der Waals surface area contributed by atoms with Gasteiger partial charge in [-0.1, -0.05) is 29.8 Å². The quantitative estimate of drug-likeness (QED) is 0.911.